The fourth-order valence-corrected chi connectivity index (χ4v) is 1.20. The second-order valence-corrected chi connectivity index (χ2v) is 3.95. The smallest absolute Gasteiger partial charge is 0.438 e. The van der Waals surface area contributed by atoms with Crippen LogP contribution in [0.4, 0.5) is 10.6 Å². The normalized spacial score (nSPS) is 10.6. The minimum Gasteiger partial charge on any atom is -0.475 e. The lowest BCUT2D eigenvalue weighted by Crippen LogP contribution is -2.19. The Kier molecular flexibility index (Phi) is 4.81. The summed E-state index contributed by atoms with van der Waals surface area (Å²) in [4.78, 5) is 11.7. The van der Waals surface area contributed by atoms with Crippen molar-refractivity contribution in [3.05, 3.63) is 6.07 Å². The topological polar surface area (TPSA) is 79.4 Å². The van der Waals surface area contributed by atoms with Crippen LogP contribution in [0.5, 0.6) is 5.88 Å². The number of nitrogens with zero attached hydrogens (tertiary/aromatic N) is 2. The van der Waals surface area contributed by atoms with Crippen molar-refractivity contribution in [3.8, 4) is 5.88 Å². The SMILES string of the molecule is CCCCOC(=O)n1nc(N)cc1OC(C)C. The standard InChI is InChI=1S/C11H19N3O3/c1-4-5-6-16-11(15)14-10(17-8(2)3)7-9(12)13-14/h7-8H,4-6H2,1-3H3,(H2,12,13). The average molecular weight is 241 g/mol. The van der Waals surface area contributed by atoms with Crippen LogP contribution in [0.3, 0.4) is 0 Å². The zero-order valence-corrected chi connectivity index (χ0v) is 10.5. The molecule has 2 N–H and O–H groups in total. The number of unbranched alkanes of at least 4 members (excludes halogenated alkanes) is 1. The van der Waals surface area contributed by atoms with Gasteiger partial charge in [-0.05, 0) is 20.3 Å². The molecule has 0 aromatic carbocycles. The molecule has 0 unspecified atom stereocenters. The Morgan fingerprint density at radius 3 is 2.88 bits per heavy atom. The first-order chi connectivity index (χ1) is 8.04. The number of nitrogen functional groups attached to an aromatic ring is 1. The molecule has 1 heterocycles. The van der Waals surface area contributed by atoms with E-state index >= 15 is 0 Å². The Morgan fingerprint density at radius 1 is 1.59 bits per heavy atom. The van der Waals surface area contributed by atoms with Gasteiger partial charge >= 0.3 is 6.09 Å². The maximum atomic E-state index is 11.7. The van der Waals surface area contributed by atoms with Crippen molar-refractivity contribution in [1.82, 2.24) is 9.78 Å². The van der Waals surface area contributed by atoms with E-state index in [2.05, 4.69) is 5.10 Å². The van der Waals surface area contributed by atoms with Gasteiger partial charge < -0.3 is 15.2 Å². The summed E-state index contributed by atoms with van der Waals surface area (Å²) in [6, 6.07) is 1.50. The Morgan fingerprint density at radius 2 is 2.29 bits per heavy atom. The first kappa shape index (κ1) is 13.3. The van der Waals surface area contributed by atoms with Crippen molar-refractivity contribution in [3.63, 3.8) is 0 Å². The zero-order chi connectivity index (χ0) is 12.8. The molecule has 1 rings (SSSR count). The van der Waals surface area contributed by atoms with Gasteiger partial charge in [-0.1, -0.05) is 13.3 Å². The molecule has 0 aliphatic rings. The zero-order valence-electron chi connectivity index (χ0n) is 10.5. The highest BCUT2D eigenvalue weighted by Crippen LogP contribution is 2.17. The predicted octanol–water partition coefficient (Wildman–Crippen LogP) is 2.04. The van der Waals surface area contributed by atoms with Crippen LogP contribution in [0.15, 0.2) is 6.07 Å². The van der Waals surface area contributed by atoms with E-state index in [9.17, 15) is 4.79 Å². The number of ether oxygens (including phenoxy) is 2. The lowest BCUT2D eigenvalue weighted by molar-refractivity contribution is 0.135. The highest BCUT2D eigenvalue weighted by Gasteiger charge is 2.16. The fourth-order valence-electron chi connectivity index (χ4n) is 1.20. The number of anilines is 1. The predicted molar refractivity (Wildman–Crippen MR) is 64.1 cm³/mol. The molecule has 0 fully saturated rings. The Hall–Kier alpha value is -1.72. The fraction of sp³-hybridized carbons (Fsp3) is 0.636. The van der Waals surface area contributed by atoms with E-state index in [0.29, 0.717) is 12.5 Å². The van der Waals surface area contributed by atoms with Crippen molar-refractivity contribution in [2.75, 3.05) is 12.3 Å². The van der Waals surface area contributed by atoms with Gasteiger partial charge in [0.25, 0.3) is 0 Å². The van der Waals surface area contributed by atoms with Gasteiger partial charge in [-0.3, -0.25) is 0 Å². The van der Waals surface area contributed by atoms with Gasteiger partial charge in [-0.25, -0.2) is 4.79 Å². The molecule has 96 valence electrons. The Labute approximate surface area is 101 Å². The number of hydrogen-bond acceptors (Lipinski definition) is 5. The van der Waals surface area contributed by atoms with E-state index in [0.717, 1.165) is 17.5 Å². The molecule has 0 amide bonds. The molecule has 1 aromatic heterocycles. The number of nitrogens with two attached hydrogens (primary N) is 1. The quantitative estimate of drug-likeness (QED) is 0.798. The molecule has 0 spiro atoms. The number of hydrogen-bond donors (Lipinski definition) is 1. The maximum Gasteiger partial charge on any atom is 0.438 e. The molecule has 6 heteroatoms. The molecule has 0 radical (unpaired) electrons. The Balaban J connectivity index is 2.70. The largest absolute Gasteiger partial charge is 0.475 e. The second kappa shape index (κ2) is 6.12. The highest BCUT2D eigenvalue weighted by atomic mass is 16.6. The second-order valence-electron chi connectivity index (χ2n) is 3.95. The van der Waals surface area contributed by atoms with Gasteiger partial charge in [0.05, 0.1) is 12.7 Å². The summed E-state index contributed by atoms with van der Waals surface area (Å²) in [5.41, 5.74) is 5.53. The first-order valence-corrected chi connectivity index (χ1v) is 5.74. The number of carbonyl (C=O) groups excluding carboxylic acids is 1. The van der Waals surface area contributed by atoms with Crippen molar-refractivity contribution in [2.45, 2.75) is 39.7 Å². The van der Waals surface area contributed by atoms with E-state index in [1.165, 1.54) is 6.07 Å². The molecule has 0 aliphatic heterocycles. The van der Waals surface area contributed by atoms with E-state index in [1.54, 1.807) is 0 Å². The van der Waals surface area contributed by atoms with Crippen LogP contribution in [-0.4, -0.2) is 28.6 Å². The van der Waals surface area contributed by atoms with Crippen molar-refractivity contribution >= 4 is 11.9 Å². The van der Waals surface area contributed by atoms with Gasteiger partial charge in [0, 0.05) is 6.07 Å². The summed E-state index contributed by atoms with van der Waals surface area (Å²) in [7, 11) is 0. The van der Waals surface area contributed by atoms with Crippen molar-refractivity contribution in [1.29, 1.82) is 0 Å². The third kappa shape index (κ3) is 3.97. The van der Waals surface area contributed by atoms with Crippen molar-refractivity contribution in [2.24, 2.45) is 0 Å². The summed E-state index contributed by atoms with van der Waals surface area (Å²) in [6.45, 7) is 6.11. The van der Waals surface area contributed by atoms with Gasteiger partial charge in [-0.2, -0.15) is 0 Å². The van der Waals surface area contributed by atoms with E-state index in [-0.39, 0.29) is 11.9 Å². The maximum absolute atomic E-state index is 11.7. The molecular weight excluding hydrogens is 222 g/mol. The van der Waals surface area contributed by atoms with Gasteiger partial charge in [0.2, 0.25) is 5.88 Å². The van der Waals surface area contributed by atoms with Crippen LogP contribution in [0.1, 0.15) is 33.6 Å². The van der Waals surface area contributed by atoms with Crippen LogP contribution in [0.25, 0.3) is 0 Å². The average Bonchev–Trinajstić information content (AvgIpc) is 2.58. The number of aromatic nitrogens is 2. The number of rotatable bonds is 5. The van der Waals surface area contributed by atoms with E-state index in [1.807, 2.05) is 20.8 Å². The number of carbonyl (C=O) groups is 1. The Bertz CT molecular complexity index is 374. The van der Waals surface area contributed by atoms with Gasteiger partial charge in [-0.15, -0.1) is 9.78 Å². The van der Waals surface area contributed by atoms with E-state index < -0.39 is 6.09 Å². The molecule has 0 atom stereocenters. The van der Waals surface area contributed by atoms with Crippen LogP contribution in [0, 0.1) is 0 Å². The molecule has 0 bridgehead atoms. The molecule has 0 aliphatic carbocycles. The van der Waals surface area contributed by atoms with Crippen LogP contribution in [-0.2, 0) is 4.74 Å². The summed E-state index contributed by atoms with van der Waals surface area (Å²) in [5, 5.41) is 3.84. The van der Waals surface area contributed by atoms with Gasteiger partial charge in [0.1, 0.15) is 5.82 Å². The third-order valence-electron chi connectivity index (χ3n) is 1.95. The molecule has 6 nitrogen and oxygen atoms in total. The minimum atomic E-state index is -0.564. The van der Waals surface area contributed by atoms with E-state index in [4.69, 9.17) is 15.2 Å². The first-order valence-electron chi connectivity index (χ1n) is 5.74. The van der Waals surface area contributed by atoms with Crippen LogP contribution < -0.4 is 10.5 Å². The lowest BCUT2D eigenvalue weighted by Gasteiger charge is -2.10. The lowest BCUT2D eigenvalue weighted by atomic mass is 10.4. The van der Waals surface area contributed by atoms with Crippen molar-refractivity contribution < 1.29 is 14.3 Å². The molecule has 0 saturated heterocycles. The minimum absolute atomic E-state index is 0.0618. The summed E-state index contributed by atoms with van der Waals surface area (Å²) >= 11 is 0. The summed E-state index contributed by atoms with van der Waals surface area (Å²) < 4.78 is 11.5. The molecule has 1 aromatic rings. The highest BCUT2D eigenvalue weighted by molar-refractivity contribution is 5.72. The monoisotopic (exact) mass is 241 g/mol. The molecular formula is C11H19N3O3. The van der Waals surface area contributed by atoms with Crippen LogP contribution in [0.2, 0.25) is 0 Å². The molecule has 0 saturated carbocycles. The summed E-state index contributed by atoms with van der Waals surface area (Å²) in [5.74, 6) is 0.534. The van der Waals surface area contributed by atoms with Gasteiger partial charge in [0.15, 0.2) is 0 Å². The summed E-state index contributed by atoms with van der Waals surface area (Å²) in [6.07, 6.45) is 1.16. The third-order valence-corrected chi connectivity index (χ3v) is 1.95. The van der Waals surface area contributed by atoms with Crippen LogP contribution >= 0.6 is 0 Å². The molecule has 17 heavy (non-hydrogen) atoms.